The fourth-order valence-electron chi connectivity index (χ4n) is 13.3. The molecule has 61 heteroatoms. The summed E-state index contributed by atoms with van der Waals surface area (Å²) in [6.45, 7) is 1.49. The van der Waals surface area contributed by atoms with Gasteiger partial charge in [-0.05, 0) is 69.7 Å². The summed E-state index contributed by atoms with van der Waals surface area (Å²) in [5, 5.41) is 32.8. The number of hydrogen-bond acceptors (Lipinski definition) is 42. The smallest absolute Gasteiger partial charge is 0.475 e. The quantitative estimate of drug-likeness (QED) is 0.0113. The number of phosphoric acid groups is 4. The first-order valence-corrected chi connectivity index (χ1v) is 46.1. The van der Waals surface area contributed by atoms with Gasteiger partial charge in [0.15, 0.2) is 47.6 Å². The van der Waals surface area contributed by atoms with E-state index in [1.54, 1.807) is 45.0 Å². The molecule has 4 aliphatic heterocycles. The molecule has 18 atom stereocenters. The van der Waals surface area contributed by atoms with E-state index < -0.39 is 215 Å². The number of carboxylic acids is 1. The predicted octanol–water partition coefficient (Wildman–Crippen LogP) is 2.09. The van der Waals surface area contributed by atoms with Gasteiger partial charge in [0.1, 0.15) is 128 Å². The molecule has 10 heterocycles. The summed E-state index contributed by atoms with van der Waals surface area (Å²) in [7, 11) is -20.6. The van der Waals surface area contributed by atoms with Crippen LogP contribution < -0.4 is 45.4 Å². The number of nitrogen functional groups attached to an aromatic ring is 4. The number of nitrogens with one attached hydrogen (secondary N) is 1. The molecule has 0 aliphatic carbocycles. The van der Waals surface area contributed by atoms with E-state index in [-0.39, 0.29) is 110 Å². The summed E-state index contributed by atoms with van der Waals surface area (Å²) in [6, 6.07) is 18.1. The molecule has 734 valence electrons. The number of carboxylic acid groups (broad SMARTS) is 1. The number of amides is 1. The largest absolute Gasteiger partial charge is 0.490 e. The fraction of sp³-hybridized carbons (Fsp3) is 0.507. The van der Waals surface area contributed by atoms with Crippen molar-refractivity contribution in [2.75, 3.05) is 49.4 Å². The van der Waals surface area contributed by atoms with Crippen LogP contribution in [0.1, 0.15) is 121 Å². The molecule has 4 aliphatic rings. The standard InChI is InChI=1S/C38H51N9O18P2.C33H43N9O16P2.C2HF3O2/c1-38(2,3)64-37(52)44-22(11-7-8-12-28(48)58-16-21-9-5-4-6-10-21)35(50)63-31-25(62-34(30(31)49)47-20-43-29-32(40)41-19-42-33(29)47)18-60-67(56,57)65-23-15-27(46-14-13-26(39)45-36(46)51)61-24(23)17-59-66(53,54)55;34-19(8-4-5-9-25(43)52-13-18-6-2-1-3-7-18)32(45)57-28-22(56-31(27(28)44)42-17-39-26-29(36)37-16-38-30(26)42)15-54-60(50,51)58-20-12-24(41-11-10-23(35)40-33(41)46)55-21(20)14-53-59(47,48)49;3-2(4,5)1(6)7/h4-6,9-10,13-14,19-20,22-25,27,30-31,34,49H,7-8,11-12,15-18H2,1-3H3,(H,44,52)(H,56,57)(H2,39,45,51)(H2,40,41,42)(H2,53,54,55);1-3,6-7,10-11,16-17,19-22,24,27-28,31,44H,4-5,8-9,12-15,34H2,(H,50,51)(H2,35,40,46)(H2,36,37,38)(H2,47,48,49);(H,6,7)/t22-,23-,24+,25+,27+,30+,31+,34+;19-,20-,21+,22+,24+,27+,28+,31+;/m00./s1. The van der Waals surface area contributed by atoms with E-state index in [4.69, 9.17) is 99.3 Å². The Balaban J connectivity index is 0.000000260. The fourth-order valence-corrected chi connectivity index (χ4v) is 15.9. The molecule has 2 unspecified atom stereocenters. The summed E-state index contributed by atoms with van der Waals surface area (Å²) in [5.74, 6) is -5.97. The average Bonchev–Trinajstić information content (AvgIpc) is 1.62. The number of carbonyl (C=O) groups is 6. The van der Waals surface area contributed by atoms with Gasteiger partial charge >= 0.3 is 84.8 Å². The summed E-state index contributed by atoms with van der Waals surface area (Å²) >= 11 is 0. The van der Waals surface area contributed by atoms with Crippen LogP contribution >= 0.6 is 31.3 Å². The van der Waals surface area contributed by atoms with E-state index in [1.165, 1.54) is 46.3 Å². The zero-order chi connectivity index (χ0) is 98.0. The van der Waals surface area contributed by atoms with Crippen LogP contribution in [0.4, 0.5) is 41.2 Å². The highest BCUT2D eigenvalue weighted by Gasteiger charge is 2.53. The van der Waals surface area contributed by atoms with Crippen LogP contribution in [-0.4, -0.2) is 250 Å². The van der Waals surface area contributed by atoms with Crippen LogP contribution in [0, 0.1) is 0 Å². The molecule has 1 amide bonds. The van der Waals surface area contributed by atoms with Crippen molar-refractivity contribution in [3.05, 3.63) is 143 Å². The van der Waals surface area contributed by atoms with Gasteiger partial charge in [0.05, 0.1) is 39.1 Å². The number of esters is 4. The second-order valence-corrected chi connectivity index (χ2v) is 36.0. The molecule has 6 aromatic heterocycles. The van der Waals surface area contributed by atoms with Gasteiger partial charge < -0.3 is 121 Å². The zero-order valence-corrected chi connectivity index (χ0v) is 74.2. The van der Waals surface area contributed by atoms with Crippen molar-refractivity contribution in [2.45, 2.75) is 208 Å². The Hall–Kier alpha value is -10.9. The van der Waals surface area contributed by atoms with Crippen LogP contribution in [0.25, 0.3) is 22.3 Å². The van der Waals surface area contributed by atoms with Crippen LogP contribution in [-0.2, 0) is 125 Å². The first kappa shape index (κ1) is 105. The summed E-state index contributed by atoms with van der Waals surface area (Å²) < 4.78 is 168. The molecular weight excluding hydrogens is 1890 g/mol. The van der Waals surface area contributed by atoms with E-state index in [2.05, 4.69) is 54.2 Å². The van der Waals surface area contributed by atoms with Crippen LogP contribution in [0.2, 0.25) is 0 Å². The number of benzene rings is 2. The van der Waals surface area contributed by atoms with Crippen LogP contribution in [0.15, 0.2) is 120 Å². The lowest BCUT2D eigenvalue weighted by Gasteiger charge is -2.26. The van der Waals surface area contributed by atoms with Crippen molar-refractivity contribution in [3.8, 4) is 0 Å². The Morgan fingerprint density at radius 2 is 0.933 bits per heavy atom. The highest BCUT2D eigenvalue weighted by atomic mass is 31.2. The van der Waals surface area contributed by atoms with Crippen molar-refractivity contribution >= 4 is 113 Å². The second-order valence-electron chi connectivity index (χ2n) is 30.7. The predicted molar refractivity (Wildman–Crippen MR) is 443 cm³/mol. The van der Waals surface area contributed by atoms with Crippen LogP contribution in [0.5, 0.6) is 0 Å². The van der Waals surface area contributed by atoms with Crippen molar-refractivity contribution in [2.24, 2.45) is 5.73 Å². The number of aliphatic hydroxyl groups excluding tert-OH is 2. The number of unbranched alkanes of at least 4 members (excludes halogenated alkanes) is 2. The van der Waals surface area contributed by atoms with Gasteiger partial charge in [-0.3, -0.25) is 59.8 Å². The molecule has 0 spiro atoms. The maximum atomic E-state index is 14.0. The number of phosphoric ester groups is 4. The number of halogens is 3. The van der Waals surface area contributed by atoms with Gasteiger partial charge in [-0.25, -0.2) is 72.1 Å². The van der Waals surface area contributed by atoms with E-state index in [0.717, 1.165) is 32.9 Å². The van der Waals surface area contributed by atoms with Crippen molar-refractivity contribution in [1.29, 1.82) is 0 Å². The first-order valence-electron chi connectivity index (χ1n) is 40.1. The molecule has 4 saturated heterocycles. The number of rotatable bonds is 39. The second kappa shape index (κ2) is 46.1. The monoisotopic (exact) mass is 1980 g/mol. The van der Waals surface area contributed by atoms with Crippen molar-refractivity contribution in [1.82, 2.24) is 63.5 Å². The van der Waals surface area contributed by atoms with Gasteiger partial charge in [-0.1, -0.05) is 73.5 Å². The Morgan fingerprint density at radius 3 is 1.32 bits per heavy atom. The maximum absolute atomic E-state index is 14.0. The number of carbonyl (C=O) groups excluding carboxylic acids is 5. The van der Waals surface area contributed by atoms with Gasteiger partial charge in [0, 0.05) is 38.1 Å². The topological polar surface area (TPSA) is 790 Å². The minimum absolute atomic E-state index is 0.0156. The number of anilines is 4. The summed E-state index contributed by atoms with van der Waals surface area (Å²) in [5.41, 5.74) is 28.6. The number of nitrogens with two attached hydrogens (primary N) is 5. The zero-order valence-electron chi connectivity index (χ0n) is 70.7. The molecule has 12 rings (SSSR count). The third-order valence-corrected chi connectivity index (χ3v) is 22.6. The van der Waals surface area contributed by atoms with Crippen LogP contribution in [0.3, 0.4) is 0 Å². The molecular formula is C73H95F3N18O36P4. The van der Waals surface area contributed by atoms with E-state index >= 15 is 0 Å². The summed E-state index contributed by atoms with van der Waals surface area (Å²) in [4.78, 5) is 190. The molecule has 54 nitrogen and oxygen atoms in total. The SMILES string of the molecule is CC(C)(C)OC(=O)N[C@@H](CCCCC(=O)OCc1ccccc1)C(=O)O[C@H]1[C@@H](O)[C@H](n2cnc3c(N)ncnc32)O[C@@H]1COP(=O)(O)O[C@H]1C[C@H](n2ccc(N)nc2=O)O[C@@H]1COP(=O)(O)O.Nc1ccn([C@H]2C[C@H](OP(=O)(O)OC[C@H]3O[C@@H](n4cnc5c(N)ncnc54)[C@H](O)[C@@H]3OC(=O)[C@@H](N)CCCCC(=O)OCc3ccccc3)[C@@H](COP(=O)(O)O)O2)c(=O)n1.O=C(O)C(F)(F)F. The number of hydrogen-bond donors (Lipinski definition) is 15. The Kier molecular flexibility index (Phi) is 36.1. The van der Waals surface area contributed by atoms with Gasteiger partial charge in [-0.2, -0.15) is 23.1 Å². The minimum atomic E-state index is -5.27. The molecule has 0 saturated carbocycles. The number of imidazole rings is 2. The number of alkyl halides is 3. The highest BCUT2D eigenvalue weighted by Crippen LogP contribution is 2.52. The molecule has 134 heavy (non-hydrogen) atoms. The third kappa shape index (κ3) is 30.8. The lowest BCUT2D eigenvalue weighted by molar-refractivity contribution is -0.192. The average molecular weight is 1980 g/mol. The Labute approximate surface area is 753 Å². The van der Waals surface area contributed by atoms with Crippen molar-refractivity contribution < 1.29 is 175 Å². The number of alkyl carbamates (subject to hydrolysis) is 1. The first-order chi connectivity index (χ1) is 63.0. The maximum Gasteiger partial charge on any atom is 0.490 e. The molecule has 20 N–H and O–H groups in total. The minimum Gasteiger partial charge on any atom is -0.475 e. The molecule has 8 aromatic rings. The number of aromatic nitrogens is 12. The van der Waals surface area contributed by atoms with Gasteiger partial charge in [0.25, 0.3) is 0 Å². The number of nitrogens with zero attached hydrogens (tertiary/aromatic N) is 12. The third-order valence-electron chi connectivity index (χ3n) is 19.6. The molecule has 0 radical (unpaired) electrons. The van der Waals surface area contributed by atoms with Gasteiger partial charge in [-0.15, -0.1) is 0 Å². The number of fused-ring (bicyclic) bond motifs is 2. The molecule has 2 aromatic carbocycles. The lowest BCUT2D eigenvalue weighted by atomic mass is 10.1. The number of ether oxygens (including phenoxy) is 9. The summed E-state index contributed by atoms with van der Waals surface area (Å²) in [6.07, 6.45) is -19.4. The van der Waals surface area contributed by atoms with Crippen molar-refractivity contribution in [3.63, 3.8) is 0 Å². The van der Waals surface area contributed by atoms with E-state index in [1.807, 2.05) is 36.4 Å². The number of aliphatic carboxylic acids is 1. The van der Waals surface area contributed by atoms with E-state index in [0.29, 0.717) is 12.8 Å². The highest BCUT2D eigenvalue weighted by molar-refractivity contribution is 7.47. The Bertz CT molecular complexity index is 5710. The van der Waals surface area contributed by atoms with E-state index in [9.17, 15) is 105 Å². The number of aliphatic hydroxyl groups is 2. The molecule has 0 bridgehead atoms. The Morgan fingerprint density at radius 1 is 0.537 bits per heavy atom. The molecule has 4 fully saturated rings. The normalized spacial score (nSPS) is 23.3. The van der Waals surface area contributed by atoms with Gasteiger partial charge in [0.2, 0.25) is 0 Å². The lowest BCUT2D eigenvalue weighted by Crippen LogP contribution is -2.47.